The molecule has 0 aliphatic carbocycles. The molecule has 3 nitrogen and oxygen atoms in total. The van der Waals surface area contributed by atoms with Crippen LogP contribution < -0.4 is 0 Å². The molecule has 0 radical (unpaired) electrons. The van der Waals surface area contributed by atoms with Crippen LogP contribution in [0.1, 0.15) is 45.4 Å². The van der Waals surface area contributed by atoms with Crippen molar-refractivity contribution in [2.45, 2.75) is 51.1 Å². The Morgan fingerprint density at radius 2 is 2.07 bits per heavy atom. The molecule has 14 heavy (non-hydrogen) atoms. The highest BCUT2D eigenvalue weighted by molar-refractivity contribution is 14.1. The summed E-state index contributed by atoms with van der Waals surface area (Å²) < 4.78 is 10.9. The number of carbonyl (C=O) groups excluding carboxylic acids is 1. The third-order valence-electron chi connectivity index (χ3n) is 2.10. The Bertz CT molecular complexity index is 196. The maximum Gasteiger partial charge on any atom is 0.509 e. The van der Waals surface area contributed by atoms with Crippen molar-refractivity contribution in [1.82, 2.24) is 0 Å². The number of unbranched alkanes of at least 4 members (excludes halogenated alkanes) is 3. The van der Waals surface area contributed by atoms with Gasteiger partial charge in [-0.3, -0.25) is 4.79 Å². The Hall–Kier alpha value is 0.460. The number of hydrogen-bond donors (Lipinski definition) is 1. The summed E-state index contributed by atoms with van der Waals surface area (Å²) in [6, 6.07) is 0. The first-order valence-electron chi connectivity index (χ1n) is 4.91. The van der Waals surface area contributed by atoms with Crippen molar-refractivity contribution < 1.29 is 14.3 Å². The lowest BCUT2D eigenvalue weighted by molar-refractivity contribution is -0.109. The molecule has 0 spiro atoms. The van der Waals surface area contributed by atoms with Crippen molar-refractivity contribution in [3.63, 3.8) is 0 Å². The van der Waals surface area contributed by atoms with Crippen LogP contribution in [-0.4, -0.2) is 14.3 Å². The summed E-state index contributed by atoms with van der Waals surface area (Å²) in [5, 5.41) is 0. The van der Waals surface area contributed by atoms with Gasteiger partial charge >= 0.3 is 8.03 Å². The van der Waals surface area contributed by atoms with Crippen LogP contribution in [0.4, 0.5) is 0 Å². The molecule has 0 heterocycles. The fourth-order valence-corrected chi connectivity index (χ4v) is 2.89. The first-order valence-corrected chi connectivity index (χ1v) is 7.27. The van der Waals surface area contributed by atoms with Gasteiger partial charge in [0.2, 0.25) is 0 Å². The Kier molecular flexibility index (Phi) is 9.03. The van der Waals surface area contributed by atoms with E-state index in [1.807, 2.05) is 0 Å². The minimum atomic E-state index is -2.19. The van der Waals surface area contributed by atoms with E-state index in [4.69, 9.17) is 4.89 Å². The summed E-state index contributed by atoms with van der Waals surface area (Å²) in [6.07, 6.45) is 5.28. The molecule has 0 aliphatic heterocycles. The highest BCUT2D eigenvalue weighted by Gasteiger charge is 2.29. The van der Waals surface area contributed by atoms with Gasteiger partial charge in [0.25, 0.3) is 0 Å². The maximum absolute atomic E-state index is 10.9. The van der Waals surface area contributed by atoms with Crippen LogP contribution in [0.3, 0.4) is 0 Å². The fourth-order valence-electron chi connectivity index (χ4n) is 1.28. The molecule has 0 aromatic heterocycles. The molecule has 0 saturated heterocycles. The highest BCUT2D eigenvalue weighted by atomic mass is 127. The lowest BCUT2D eigenvalue weighted by Gasteiger charge is -2.01. The predicted octanol–water partition coefficient (Wildman–Crippen LogP) is 3.41. The fraction of sp³-hybridized carbons (Fsp3) is 0.889. The molecule has 0 aliphatic rings. The van der Waals surface area contributed by atoms with Crippen LogP contribution in [0, 0.1) is 0 Å². The number of hydrogen-bond acceptors (Lipinski definition) is 2. The molecule has 0 saturated carbocycles. The molecule has 2 atom stereocenters. The van der Waals surface area contributed by atoms with Crippen LogP contribution >= 0.6 is 30.6 Å². The van der Waals surface area contributed by atoms with Gasteiger partial charge in [-0.25, -0.2) is 0 Å². The summed E-state index contributed by atoms with van der Waals surface area (Å²) >= 11 is 1.68. The average molecular weight is 331 g/mol. The summed E-state index contributed by atoms with van der Waals surface area (Å²) in [5.74, 6) is 0. The molecule has 0 bridgehead atoms. The first-order chi connectivity index (χ1) is 6.57. The van der Waals surface area contributed by atoms with Crippen molar-refractivity contribution >= 4 is 34.4 Å². The van der Waals surface area contributed by atoms with Crippen LogP contribution in [0.25, 0.3) is 0 Å². The molecule has 1 N–H and O–H groups in total. The quantitative estimate of drug-likeness (QED) is 0.321. The third kappa shape index (κ3) is 7.83. The minimum absolute atomic E-state index is 0.0273. The Balaban J connectivity index is 3.74. The van der Waals surface area contributed by atoms with E-state index in [9.17, 15) is 9.36 Å². The zero-order chi connectivity index (χ0) is 11.0. The maximum atomic E-state index is 10.9. The van der Waals surface area contributed by atoms with E-state index in [0.29, 0.717) is 6.42 Å². The van der Waals surface area contributed by atoms with Crippen LogP contribution in [-0.2, 0) is 9.36 Å². The van der Waals surface area contributed by atoms with Gasteiger partial charge < -0.3 is 0 Å². The lowest BCUT2D eigenvalue weighted by Crippen LogP contribution is -2.06. The molecule has 5 heteroatoms. The van der Waals surface area contributed by atoms with Crippen LogP contribution in [0.15, 0.2) is 0 Å². The van der Waals surface area contributed by atoms with Crippen molar-refractivity contribution in [2.75, 3.05) is 0 Å². The molecular formula is C9H17IO3P+. The number of halogens is 1. The second-order valence-electron chi connectivity index (χ2n) is 3.36. The van der Waals surface area contributed by atoms with Gasteiger partial charge in [-0.1, -0.05) is 26.2 Å². The van der Waals surface area contributed by atoms with E-state index < -0.39 is 8.03 Å². The zero-order valence-electron chi connectivity index (χ0n) is 8.41. The molecule has 82 valence electrons. The van der Waals surface area contributed by atoms with E-state index in [-0.39, 0.29) is 15.9 Å². The topological polar surface area (TPSA) is 54.4 Å². The smallest absolute Gasteiger partial charge is 0.288 e. The second-order valence-corrected chi connectivity index (χ2v) is 5.90. The van der Waals surface area contributed by atoms with E-state index in [0.717, 1.165) is 25.7 Å². The van der Waals surface area contributed by atoms with Gasteiger partial charge in [0.15, 0.2) is 9.45 Å². The normalized spacial score (nSPS) is 13.8. The first kappa shape index (κ1) is 14.5. The number of carbonyl (C=O) groups is 1. The van der Waals surface area contributed by atoms with Gasteiger partial charge in [0.05, 0.1) is 6.42 Å². The minimum Gasteiger partial charge on any atom is -0.288 e. The monoisotopic (exact) mass is 331 g/mol. The Morgan fingerprint density at radius 1 is 1.43 bits per heavy atom. The second kappa shape index (κ2) is 8.74. The molecule has 0 aromatic rings. The largest absolute Gasteiger partial charge is 0.509 e. The van der Waals surface area contributed by atoms with Crippen LogP contribution in [0.5, 0.6) is 0 Å². The van der Waals surface area contributed by atoms with Crippen molar-refractivity contribution in [1.29, 1.82) is 0 Å². The van der Waals surface area contributed by atoms with Crippen molar-refractivity contribution in [2.24, 2.45) is 0 Å². The van der Waals surface area contributed by atoms with Gasteiger partial charge in [-0.15, -0.1) is 0 Å². The van der Waals surface area contributed by atoms with Gasteiger partial charge in [-0.05, 0) is 40.0 Å². The molecular weight excluding hydrogens is 314 g/mol. The van der Waals surface area contributed by atoms with Crippen molar-refractivity contribution in [3.8, 4) is 0 Å². The summed E-state index contributed by atoms with van der Waals surface area (Å²) in [7, 11) is -2.19. The zero-order valence-corrected chi connectivity index (χ0v) is 11.5. The van der Waals surface area contributed by atoms with E-state index in [1.165, 1.54) is 0 Å². The standard InChI is InChI=1S/C9H16IO3P/c1-2-3-4-5-6-8(14(12)13)7-9(10)11/h8H,2-7H2,1H3/p+1. The third-order valence-corrected chi connectivity index (χ3v) is 3.61. The van der Waals surface area contributed by atoms with E-state index in [2.05, 4.69) is 6.92 Å². The highest BCUT2D eigenvalue weighted by Crippen LogP contribution is 2.30. The van der Waals surface area contributed by atoms with Gasteiger partial charge in [0.1, 0.15) is 0 Å². The predicted molar refractivity (Wildman–Crippen MR) is 66.0 cm³/mol. The Labute approximate surface area is 99.7 Å². The molecule has 0 fully saturated rings. The average Bonchev–Trinajstić information content (AvgIpc) is 2.09. The summed E-state index contributed by atoms with van der Waals surface area (Å²) in [4.78, 5) is 19.8. The van der Waals surface area contributed by atoms with Crippen LogP contribution in [0.2, 0.25) is 0 Å². The molecule has 0 amide bonds. The SMILES string of the molecule is CCCCCCC(CC(=O)I)[P+](=O)O. The van der Waals surface area contributed by atoms with E-state index >= 15 is 0 Å². The van der Waals surface area contributed by atoms with E-state index in [1.54, 1.807) is 22.6 Å². The molecule has 0 aromatic carbocycles. The van der Waals surface area contributed by atoms with Gasteiger partial charge in [-0.2, -0.15) is 4.89 Å². The Morgan fingerprint density at radius 3 is 2.50 bits per heavy atom. The molecule has 2 unspecified atom stereocenters. The summed E-state index contributed by atoms with van der Waals surface area (Å²) in [6.45, 7) is 2.12. The lowest BCUT2D eigenvalue weighted by atomic mass is 10.1. The van der Waals surface area contributed by atoms with Crippen molar-refractivity contribution in [3.05, 3.63) is 0 Å². The number of rotatable bonds is 8. The van der Waals surface area contributed by atoms with Gasteiger partial charge in [0, 0.05) is 0 Å². The molecule has 0 rings (SSSR count). The summed E-state index contributed by atoms with van der Waals surface area (Å²) in [5.41, 5.74) is -0.328.